The van der Waals surface area contributed by atoms with Crippen molar-refractivity contribution >= 4 is 34.7 Å². The molecule has 18 heavy (non-hydrogen) atoms. The van der Waals surface area contributed by atoms with E-state index >= 15 is 0 Å². The lowest BCUT2D eigenvalue weighted by atomic mass is 10.3. The lowest BCUT2D eigenvalue weighted by Gasteiger charge is -2.06. The Bertz CT molecular complexity index is 533. The number of thiophene rings is 1. The highest BCUT2D eigenvalue weighted by Gasteiger charge is 2.06. The molecule has 0 fully saturated rings. The predicted molar refractivity (Wildman–Crippen MR) is 71.3 cm³/mol. The Balaban J connectivity index is 1.93. The van der Waals surface area contributed by atoms with Crippen molar-refractivity contribution in [1.82, 2.24) is 9.97 Å². The highest BCUT2D eigenvalue weighted by molar-refractivity contribution is 7.16. The van der Waals surface area contributed by atoms with Crippen LogP contribution < -0.4 is 16.6 Å². The minimum atomic E-state index is -0.516. The molecule has 2 aromatic heterocycles. The smallest absolute Gasteiger partial charge is 0.239 e. The van der Waals surface area contributed by atoms with Crippen LogP contribution in [0.5, 0.6) is 0 Å². The number of nitrogens with zero attached hydrogens (tertiary/aromatic N) is 2. The minimum absolute atomic E-state index is 0.126. The van der Waals surface area contributed by atoms with Crippen LogP contribution in [0, 0.1) is 5.82 Å². The number of anilines is 2. The summed E-state index contributed by atoms with van der Waals surface area (Å²) >= 11 is 7.32. The molecule has 2 aromatic rings. The highest BCUT2D eigenvalue weighted by atomic mass is 35.5. The number of hydrogen-bond acceptors (Lipinski definition) is 6. The largest absolute Gasteiger partial charge is 0.367 e. The quantitative estimate of drug-likeness (QED) is 0.581. The van der Waals surface area contributed by atoms with Crippen LogP contribution in [0.3, 0.4) is 0 Å². The molecule has 96 valence electrons. The van der Waals surface area contributed by atoms with E-state index in [1.54, 1.807) is 0 Å². The average Bonchev–Trinajstić information content (AvgIpc) is 2.77. The molecule has 0 aliphatic carbocycles. The molecule has 0 atom stereocenters. The van der Waals surface area contributed by atoms with Gasteiger partial charge in [0.1, 0.15) is 0 Å². The third-order valence-electron chi connectivity index (χ3n) is 2.17. The van der Waals surface area contributed by atoms with Gasteiger partial charge in [-0.05, 0) is 18.6 Å². The van der Waals surface area contributed by atoms with Gasteiger partial charge in [-0.1, -0.05) is 11.6 Å². The first-order valence-electron chi connectivity index (χ1n) is 5.16. The molecule has 0 unspecified atom stereocenters. The minimum Gasteiger partial charge on any atom is -0.367 e. The summed E-state index contributed by atoms with van der Waals surface area (Å²) in [5, 5.41) is 2.89. The van der Waals surface area contributed by atoms with Gasteiger partial charge in [-0.3, -0.25) is 5.43 Å². The van der Waals surface area contributed by atoms with Crippen molar-refractivity contribution in [3.8, 4) is 0 Å². The number of hydrazine groups is 1. The number of hydrogen-bond donors (Lipinski definition) is 3. The molecule has 0 aromatic carbocycles. The van der Waals surface area contributed by atoms with E-state index in [9.17, 15) is 4.39 Å². The van der Waals surface area contributed by atoms with Crippen molar-refractivity contribution in [2.75, 3.05) is 17.3 Å². The standard InChI is InChI=1S/C10H11ClFN5S/c11-8-2-1-6(18-8)3-4-14-9-7(12)5-15-10(16-9)17-13/h1-2,5H,3-4,13H2,(H2,14,15,16,17). The maximum atomic E-state index is 13.4. The van der Waals surface area contributed by atoms with E-state index in [4.69, 9.17) is 17.4 Å². The van der Waals surface area contributed by atoms with Gasteiger partial charge >= 0.3 is 0 Å². The van der Waals surface area contributed by atoms with E-state index in [0.717, 1.165) is 21.8 Å². The van der Waals surface area contributed by atoms with Crippen molar-refractivity contribution in [3.05, 3.63) is 33.4 Å². The molecule has 0 saturated heterocycles. The van der Waals surface area contributed by atoms with Crippen LogP contribution in [0.15, 0.2) is 18.3 Å². The molecule has 0 radical (unpaired) electrons. The number of aromatic nitrogens is 2. The SMILES string of the molecule is NNc1ncc(F)c(NCCc2ccc(Cl)s2)n1. The van der Waals surface area contributed by atoms with Gasteiger partial charge in [0.2, 0.25) is 5.95 Å². The number of nitrogens with two attached hydrogens (primary N) is 1. The number of halogens is 2. The topological polar surface area (TPSA) is 75.9 Å². The third-order valence-corrected chi connectivity index (χ3v) is 3.46. The van der Waals surface area contributed by atoms with E-state index in [0.29, 0.717) is 6.54 Å². The summed E-state index contributed by atoms with van der Waals surface area (Å²) in [7, 11) is 0. The van der Waals surface area contributed by atoms with Gasteiger partial charge in [-0.2, -0.15) is 4.98 Å². The van der Waals surface area contributed by atoms with E-state index in [-0.39, 0.29) is 11.8 Å². The van der Waals surface area contributed by atoms with Crippen LogP contribution in [-0.4, -0.2) is 16.5 Å². The van der Waals surface area contributed by atoms with Crippen LogP contribution in [0.1, 0.15) is 4.88 Å². The zero-order valence-corrected chi connectivity index (χ0v) is 10.9. The fourth-order valence-electron chi connectivity index (χ4n) is 1.35. The second kappa shape index (κ2) is 5.94. The van der Waals surface area contributed by atoms with E-state index < -0.39 is 5.82 Å². The summed E-state index contributed by atoms with van der Waals surface area (Å²) in [5.41, 5.74) is 2.26. The molecule has 4 N–H and O–H groups in total. The summed E-state index contributed by atoms with van der Waals surface area (Å²) in [6.07, 6.45) is 1.80. The summed E-state index contributed by atoms with van der Waals surface area (Å²) in [6.45, 7) is 0.550. The first-order valence-corrected chi connectivity index (χ1v) is 6.35. The Morgan fingerprint density at radius 3 is 2.94 bits per heavy atom. The molecule has 0 saturated carbocycles. The van der Waals surface area contributed by atoms with Gasteiger partial charge in [0.15, 0.2) is 11.6 Å². The molecule has 2 heterocycles. The van der Waals surface area contributed by atoms with Gasteiger partial charge in [0.05, 0.1) is 10.5 Å². The third kappa shape index (κ3) is 3.28. The Morgan fingerprint density at radius 2 is 2.28 bits per heavy atom. The molecular weight excluding hydrogens is 277 g/mol. The fourth-order valence-corrected chi connectivity index (χ4v) is 2.44. The van der Waals surface area contributed by atoms with Crippen LogP contribution in [0.25, 0.3) is 0 Å². The van der Waals surface area contributed by atoms with Gasteiger partial charge in [0.25, 0.3) is 0 Å². The van der Waals surface area contributed by atoms with Crippen molar-refractivity contribution in [2.24, 2.45) is 5.84 Å². The van der Waals surface area contributed by atoms with Crippen LogP contribution >= 0.6 is 22.9 Å². The van der Waals surface area contributed by atoms with Crippen molar-refractivity contribution in [3.63, 3.8) is 0 Å². The second-order valence-corrected chi connectivity index (χ2v) is 5.22. The van der Waals surface area contributed by atoms with Gasteiger partial charge < -0.3 is 5.32 Å². The van der Waals surface area contributed by atoms with Crippen molar-refractivity contribution < 1.29 is 4.39 Å². The summed E-state index contributed by atoms with van der Waals surface area (Å²) in [5.74, 6) is 4.93. The molecule has 0 aliphatic heterocycles. The molecular formula is C10H11ClFN5S. The zero-order valence-electron chi connectivity index (χ0n) is 9.28. The fraction of sp³-hybridized carbons (Fsp3) is 0.200. The zero-order chi connectivity index (χ0) is 13.0. The molecule has 5 nitrogen and oxygen atoms in total. The Kier molecular flexibility index (Phi) is 4.29. The van der Waals surface area contributed by atoms with E-state index in [1.165, 1.54) is 11.3 Å². The summed E-state index contributed by atoms with van der Waals surface area (Å²) in [6, 6.07) is 3.78. The average molecular weight is 288 g/mol. The molecule has 0 aliphatic rings. The first-order chi connectivity index (χ1) is 8.69. The second-order valence-electron chi connectivity index (χ2n) is 3.42. The van der Waals surface area contributed by atoms with Crippen LogP contribution in [-0.2, 0) is 6.42 Å². The van der Waals surface area contributed by atoms with Crippen molar-refractivity contribution in [1.29, 1.82) is 0 Å². The Labute approximate surface area is 112 Å². The van der Waals surface area contributed by atoms with Gasteiger partial charge in [0, 0.05) is 11.4 Å². The molecule has 0 amide bonds. The monoisotopic (exact) mass is 287 g/mol. The Morgan fingerprint density at radius 1 is 1.44 bits per heavy atom. The molecule has 2 rings (SSSR count). The normalized spacial score (nSPS) is 10.4. The maximum Gasteiger partial charge on any atom is 0.239 e. The van der Waals surface area contributed by atoms with E-state index in [1.807, 2.05) is 12.1 Å². The predicted octanol–water partition coefficient (Wildman–Crippen LogP) is 2.27. The van der Waals surface area contributed by atoms with Gasteiger partial charge in [-0.15, -0.1) is 11.3 Å². The van der Waals surface area contributed by atoms with E-state index in [2.05, 4.69) is 20.7 Å². The summed E-state index contributed by atoms with van der Waals surface area (Å²) in [4.78, 5) is 8.64. The van der Waals surface area contributed by atoms with Crippen LogP contribution in [0.2, 0.25) is 4.34 Å². The molecule has 0 bridgehead atoms. The highest BCUT2D eigenvalue weighted by Crippen LogP contribution is 2.21. The summed E-state index contributed by atoms with van der Waals surface area (Å²) < 4.78 is 14.1. The Hall–Kier alpha value is -1.44. The number of rotatable bonds is 5. The lowest BCUT2D eigenvalue weighted by molar-refractivity contribution is 0.617. The van der Waals surface area contributed by atoms with Gasteiger partial charge in [-0.25, -0.2) is 15.2 Å². The van der Waals surface area contributed by atoms with Crippen molar-refractivity contribution in [2.45, 2.75) is 6.42 Å². The number of nitrogen functional groups attached to an aromatic ring is 1. The molecule has 0 spiro atoms. The van der Waals surface area contributed by atoms with Crippen LogP contribution in [0.4, 0.5) is 16.2 Å². The number of nitrogens with one attached hydrogen (secondary N) is 2. The molecule has 8 heteroatoms. The first kappa shape index (κ1) is 13.0. The lowest BCUT2D eigenvalue weighted by Crippen LogP contribution is -2.14. The maximum absolute atomic E-state index is 13.4.